The van der Waals surface area contributed by atoms with Crippen LogP contribution in [-0.2, 0) is 9.53 Å². The predicted octanol–water partition coefficient (Wildman–Crippen LogP) is 5.86. The van der Waals surface area contributed by atoms with Gasteiger partial charge in [0, 0.05) is 20.8 Å². The Morgan fingerprint density at radius 3 is 1.92 bits per heavy atom. The standard InChI is InChI=1S/C21H15Cl2NO2/c1-26-21(25)20(13-5-3-2-4-6-13)24-18-9-7-14(22)11-16(18)17-12-15(23)8-10-19(17)24/h2-12,20H,1H3/t20-/m1/s1. The van der Waals surface area contributed by atoms with Crippen LogP contribution in [0.1, 0.15) is 11.6 Å². The van der Waals surface area contributed by atoms with Crippen LogP contribution < -0.4 is 0 Å². The van der Waals surface area contributed by atoms with Crippen molar-refractivity contribution in [3.05, 3.63) is 82.3 Å². The summed E-state index contributed by atoms with van der Waals surface area (Å²) in [6, 6.07) is 20.2. The number of carbonyl (C=O) groups is 1. The Morgan fingerprint density at radius 1 is 0.885 bits per heavy atom. The number of nitrogens with zero attached hydrogens (tertiary/aromatic N) is 1. The first-order valence-corrected chi connectivity index (χ1v) is 8.87. The van der Waals surface area contributed by atoms with E-state index in [4.69, 9.17) is 27.9 Å². The van der Waals surface area contributed by atoms with Crippen molar-refractivity contribution in [3.8, 4) is 0 Å². The molecule has 1 aromatic heterocycles. The molecule has 3 nitrogen and oxygen atoms in total. The molecule has 5 heteroatoms. The Labute approximate surface area is 160 Å². The second-order valence-corrected chi connectivity index (χ2v) is 6.90. The van der Waals surface area contributed by atoms with E-state index in [1.165, 1.54) is 7.11 Å². The summed E-state index contributed by atoms with van der Waals surface area (Å²) in [7, 11) is 1.40. The number of hydrogen-bond donors (Lipinski definition) is 0. The van der Waals surface area contributed by atoms with Crippen molar-refractivity contribution < 1.29 is 9.53 Å². The van der Waals surface area contributed by atoms with Gasteiger partial charge in [-0.1, -0.05) is 53.5 Å². The van der Waals surface area contributed by atoms with Crippen molar-refractivity contribution in [2.24, 2.45) is 0 Å². The summed E-state index contributed by atoms with van der Waals surface area (Å²) in [6.07, 6.45) is 0. The lowest BCUT2D eigenvalue weighted by atomic mass is 10.1. The van der Waals surface area contributed by atoms with Gasteiger partial charge in [-0.2, -0.15) is 0 Å². The Bertz CT molecular complexity index is 1060. The van der Waals surface area contributed by atoms with Crippen LogP contribution in [0.25, 0.3) is 21.8 Å². The summed E-state index contributed by atoms with van der Waals surface area (Å²) in [4.78, 5) is 12.7. The maximum atomic E-state index is 12.7. The highest BCUT2D eigenvalue weighted by Gasteiger charge is 2.27. The van der Waals surface area contributed by atoms with E-state index in [0.29, 0.717) is 10.0 Å². The number of methoxy groups -OCH3 is 1. The molecule has 0 fully saturated rings. The van der Waals surface area contributed by atoms with Crippen LogP contribution in [0.3, 0.4) is 0 Å². The number of rotatable bonds is 3. The maximum Gasteiger partial charge on any atom is 0.333 e. The monoisotopic (exact) mass is 383 g/mol. The van der Waals surface area contributed by atoms with Crippen molar-refractivity contribution in [1.82, 2.24) is 4.57 Å². The predicted molar refractivity (Wildman–Crippen MR) is 106 cm³/mol. The quantitative estimate of drug-likeness (QED) is 0.414. The van der Waals surface area contributed by atoms with Crippen LogP contribution in [-0.4, -0.2) is 17.6 Å². The van der Waals surface area contributed by atoms with Crippen molar-refractivity contribution in [1.29, 1.82) is 0 Å². The van der Waals surface area contributed by atoms with Crippen LogP contribution in [0.5, 0.6) is 0 Å². The molecule has 0 aliphatic rings. The van der Waals surface area contributed by atoms with Gasteiger partial charge in [-0.25, -0.2) is 4.79 Å². The third-order valence-corrected chi connectivity index (χ3v) is 4.99. The summed E-state index contributed by atoms with van der Waals surface area (Å²) in [5.74, 6) is -0.333. The van der Waals surface area contributed by atoms with Crippen molar-refractivity contribution >= 4 is 51.0 Å². The molecule has 0 aliphatic carbocycles. The van der Waals surface area contributed by atoms with E-state index in [0.717, 1.165) is 27.4 Å². The molecule has 0 saturated heterocycles. The average molecular weight is 384 g/mol. The van der Waals surface area contributed by atoms with E-state index in [-0.39, 0.29) is 5.97 Å². The number of halogens is 2. The van der Waals surface area contributed by atoms with E-state index >= 15 is 0 Å². The Morgan fingerprint density at radius 2 is 1.42 bits per heavy atom. The molecule has 4 aromatic rings. The summed E-state index contributed by atoms with van der Waals surface area (Å²) < 4.78 is 7.11. The highest BCUT2D eigenvalue weighted by atomic mass is 35.5. The molecule has 1 heterocycles. The average Bonchev–Trinajstić information content (AvgIpc) is 2.96. The van der Waals surface area contributed by atoms with Gasteiger partial charge in [-0.3, -0.25) is 0 Å². The van der Waals surface area contributed by atoms with Crippen LogP contribution in [0.4, 0.5) is 0 Å². The van der Waals surface area contributed by atoms with Gasteiger partial charge in [0.15, 0.2) is 6.04 Å². The molecule has 0 unspecified atom stereocenters. The molecule has 130 valence electrons. The van der Waals surface area contributed by atoms with Crippen LogP contribution >= 0.6 is 23.2 Å². The first-order chi connectivity index (χ1) is 12.6. The summed E-state index contributed by atoms with van der Waals surface area (Å²) >= 11 is 12.4. The summed E-state index contributed by atoms with van der Waals surface area (Å²) in [5, 5.41) is 3.15. The number of hydrogen-bond acceptors (Lipinski definition) is 2. The van der Waals surface area contributed by atoms with E-state index in [1.54, 1.807) is 0 Å². The highest BCUT2D eigenvalue weighted by Crippen LogP contribution is 2.37. The third kappa shape index (κ3) is 2.74. The van der Waals surface area contributed by atoms with Crippen LogP contribution in [0.15, 0.2) is 66.7 Å². The van der Waals surface area contributed by atoms with Gasteiger partial charge in [0.1, 0.15) is 0 Å². The topological polar surface area (TPSA) is 31.2 Å². The highest BCUT2D eigenvalue weighted by molar-refractivity contribution is 6.33. The normalized spacial score (nSPS) is 12.4. The molecular formula is C21H15Cl2NO2. The van der Waals surface area contributed by atoms with E-state index in [9.17, 15) is 4.79 Å². The number of benzene rings is 3. The second kappa shape index (κ2) is 6.67. The zero-order chi connectivity index (χ0) is 18.3. The molecular weight excluding hydrogens is 369 g/mol. The third-order valence-electron chi connectivity index (χ3n) is 4.52. The fourth-order valence-electron chi connectivity index (χ4n) is 3.41. The van der Waals surface area contributed by atoms with Gasteiger partial charge in [0.2, 0.25) is 0 Å². The van der Waals surface area contributed by atoms with Crippen molar-refractivity contribution in [2.75, 3.05) is 7.11 Å². The van der Waals surface area contributed by atoms with E-state index in [2.05, 4.69) is 0 Å². The number of aromatic nitrogens is 1. The Balaban J connectivity index is 2.12. The SMILES string of the molecule is COC(=O)[C@@H](c1ccccc1)n1c2ccc(Cl)cc2c2cc(Cl)ccc21. The number of carbonyl (C=O) groups excluding carboxylic acids is 1. The molecule has 26 heavy (non-hydrogen) atoms. The lowest BCUT2D eigenvalue weighted by Gasteiger charge is -2.19. The van der Waals surface area contributed by atoms with Gasteiger partial charge in [-0.05, 0) is 42.0 Å². The first kappa shape index (κ1) is 17.0. The number of esters is 1. The Kier molecular flexibility index (Phi) is 4.35. The maximum absolute atomic E-state index is 12.7. The van der Waals surface area contributed by atoms with Gasteiger partial charge in [0.25, 0.3) is 0 Å². The first-order valence-electron chi connectivity index (χ1n) is 8.11. The lowest BCUT2D eigenvalue weighted by Crippen LogP contribution is -2.22. The molecule has 0 amide bonds. The zero-order valence-electron chi connectivity index (χ0n) is 13.9. The van der Waals surface area contributed by atoms with E-state index < -0.39 is 6.04 Å². The largest absolute Gasteiger partial charge is 0.467 e. The molecule has 1 atom stereocenters. The molecule has 0 saturated carbocycles. The molecule has 0 spiro atoms. The minimum Gasteiger partial charge on any atom is -0.467 e. The minimum absolute atomic E-state index is 0.333. The smallest absolute Gasteiger partial charge is 0.333 e. The molecule has 3 aromatic carbocycles. The molecule has 0 N–H and O–H groups in total. The summed E-state index contributed by atoms with van der Waals surface area (Å²) in [6.45, 7) is 0. The number of fused-ring (bicyclic) bond motifs is 3. The molecule has 0 bridgehead atoms. The van der Waals surface area contributed by atoms with Gasteiger partial charge in [-0.15, -0.1) is 0 Å². The fraction of sp³-hybridized carbons (Fsp3) is 0.0952. The lowest BCUT2D eigenvalue weighted by molar-refractivity contribution is -0.143. The van der Waals surface area contributed by atoms with Crippen molar-refractivity contribution in [2.45, 2.75) is 6.04 Å². The van der Waals surface area contributed by atoms with Gasteiger partial charge < -0.3 is 9.30 Å². The summed E-state index contributed by atoms with van der Waals surface area (Å²) in [5.41, 5.74) is 2.64. The van der Waals surface area contributed by atoms with Crippen molar-refractivity contribution in [3.63, 3.8) is 0 Å². The molecule has 0 radical (unpaired) electrons. The van der Waals surface area contributed by atoms with Crippen LogP contribution in [0.2, 0.25) is 10.0 Å². The van der Waals surface area contributed by atoms with Crippen LogP contribution in [0, 0.1) is 0 Å². The second-order valence-electron chi connectivity index (χ2n) is 6.03. The molecule has 0 aliphatic heterocycles. The zero-order valence-corrected chi connectivity index (χ0v) is 15.5. The minimum atomic E-state index is -0.608. The van der Waals surface area contributed by atoms with Gasteiger partial charge >= 0.3 is 5.97 Å². The fourth-order valence-corrected chi connectivity index (χ4v) is 3.76. The molecule has 4 rings (SSSR count). The van der Waals surface area contributed by atoms with Gasteiger partial charge in [0.05, 0.1) is 18.1 Å². The Hall–Kier alpha value is -2.49. The number of ether oxygens (including phenoxy) is 1. The van der Waals surface area contributed by atoms with E-state index in [1.807, 2.05) is 71.3 Å².